The Morgan fingerprint density at radius 1 is 1.40 bits per heavy atom. The molecule has 2 amide bonds. The Bertz CT molecular complexity index is 768. The van der Waals surface area contributed by atoms with Gasteiger partial charge >= 0.3 is 11.9 Å². The number of hydrogen-bond acceptors (Lipinski definition) is 7. The van der Waals surface area contributed by atoms with Crippen LogP contribution in [0.5, 0.6) is 0 Å². The number of imide groups is 1. The minimum Gasteiger partial charge on any atom is -0.457 e. The molecule has 130 valence electrons. The van der Waals surface area contributed by atoms with Crippen molar-refractivity contribution in [2.45, 2.75) is 37.9 Å². The van der Waals surface area contributed by atoms with Crippen LogP contribution in [-0.4, -0.2) is 47.4 Å². The van der Waals surface area contributed by atoms with Gasteiger partial charge in [0.2, 0.25) is 5.91 Å². The fraction of sp³-hybridized carbons (Fsp3) is 0.588. The van der Waals surface area contributed by atoms with Gasteiger partial charge in [0.1, 0.15) is 18.8 Å². The zero-order valence-electron chi connectivity index (χ0n) is 13.4. The molecule has 25 heavy (non-hydrogen) atoms. The van der Waals surface area contributed by atoms with Crippen molar-refractivity contribution in [1.82, 2.24) is 4.90 Å². The molecule has 5 atom stereocenters. The largest absolute Gasteiger partial charge is 0.457 e. The first-order chi connectivity index (χ1) is 11.9. The van der Waals surface area contributed by atoms with Gasteiger partial charge in [0.15, 0.2) is 5.41 Å². The molecule has 0 aromatic rings. The van der Waals surface area contributed by atoms with E-state index in [-0.39, 0.29) is 23.8 Å². The van der Waals surface area contributed by atoms with E-state index in [4.69, 9.17) is 9.47 Å². The number of carbonyl (C=O) groups excluding carboxylic acids is 4. The predicted molar refractivity (Wildman–Crippen MR) is 79.1 cm³/mol. The topological polar surface area (TPSA) is 114 Å². The van der Waals surface area contributed by atoms with Gasteiger partial charge in [-0.05, 0) is 19.3 Å². The van der Waals surface area contributed by atoms with Crippen LogP contribution in [0.4, 0.5) is 0 Å². The number of ether oxygens (including phenoxy) is 2. The first-order valence-corrected chi connectivity index (χ1v) is 8.21. The van der Waals surface area contributed by atoms with Gasteiger partial charge in [-0.1, -0.05) is 6.58 Å². The van der Waals surface area contributed by atoms with Crippen molar-refractivity contribution in [3.63, 3.8) is 0 Å². The molecule has 5 unspecified atom stereocenters. The minimum absolute atomic E-state index is 0.118. The Kier molecular flexibility index (Phi) is 3.26. The number of piperidine rings is 1. The molecule has 4 fully saturated rings. The molecule has 2 aliphatic heterocycles. The monoisotopic (exact) mass is 344 g/mol. The summed E-state index contributed by atoms with van der Waals surface area (Å²) in [5.41, 5.74) is -0.815. The van der Waals surface area contributed by atoms with Gasteiger partial charge in [-0.3, -0.25) is 24.1 Å². The summed E-state index contributed by atoms with van der Waals surface area (Å²) in [4.78, 5) is 48.9. The maximum atomic E-state index is 12.2. The summed E-state index contributed by atoms with van der Waals surface area (Å²) in [5.74, 6) is -2.63. The van der Waals surface area contributed by atoms with E-state index in [2.05, 4.69) is 12.6 Å². The molecule has 2 saturated carbocycles. The van der Waals surface area contributed by atoms with Crippen LogP contribution in [-0.2, 0) is 28.7 Å². The van der Waals surface area contributed by atoms with Crippen LogP contribution in [0.1, 0.15) is 25.7 Å². The highest BCUT2D eigenvalue weighted by Crippen LogP contribution is 2.62. The molecule has 0 spiro atoms. The lowest BCUT2D eigenvalue weighted by Gasteiger charge is -2.29. The van der Waals surface area contributed by atoms with Crippen molar-refractivity contribution in [2.24, 2.45) is 17.3 Å². The number of nitriles is 1. The fourth-order valence-corrected chi connectivity index (χ4v) is 4.57. The van der Waals surface area contributed by atoms with Crippen LogP contribution < -0.4 is 0 Å². The highest BCUT2D eigenvalue weighted by molar-refractivity contribution is 6.08. The molecule has 4 rings (SSSR count). The zero-order chi connectivity index (χ0) is 17.9. The molecule has 4 aliphatic rings. The fourth-order valence-electron chi connectivity index (χ4n) is 4.57. The predicted octanol–water partition coefficient (Wildman–Crippen LogP) is 0.0786. The Morgan fingerprint density at radius 3 is 2.88 bits per heavy atom. The van der Waals surface area contributed by atoms with Crippen molar-refractivity contribution >= 4 is 23.8 Å². The molecule has 2 heterocycles. The molecule has 2 saturated heterocycles. The lowest BCUT2D eigenvalue weighted by molar-refractivity contribution is -0.166. The average Bonchev–Trinajstić information content (AvgIpc) is 3.17. The summed E-state index contributed by atoms with van der Waals surface area (Å²) in [6.07, 6.45) is 0.113. The van der Waals surface area contributed by atoms with Gasteiger partial charge in [0, 0.05) is 23.8 Å². The second-order valence-electron chi connectivity index (χ2n) is 7.10. The Balaban J connectivity index is 1.44. The highest BCUT2D eigenvalue weighted by Gasteiger charge is 2.72. The van der Waals surface area contributed by atoms with E-state index in [0.29, 0.717) is 19.3 Å². The van der Waals surface area contributed by atoms with Crippen LogP contribution in [0, 0.1) is 28.6 Å². The van der Waals surface area contributed by atoms with Crippen molar-refractivity contribution in [2.75, 3.05) is 6.54 Å². The number of esters is 2. The summed E-state index contributed by atoms with van der Waals surface area (Å²) in [5, 5.41) is 9.35. The Labute approximate surface area is 143 Å². The molecule has 8 heteroatoms. The van der Waals surface area contributed by atoms with Crippen molar-refractivity contribution < 1.29 is 28.7 Å². The third-order valence-corrected chi connectivity index (χ3v) is 5.81. The van der Waals surface area contributed by atoms with Gasteiger partial charge in [-0.15, -0.1) is 0 Å². The van der Waals surface area contributed by atoms with E-state index in [1.807, 2.05) is 0 Å². The van der Waals surface area contributed by atoms with Gasteiger partial charge in [0.25, 0.3) is 5.91 Å². The number of fused-ring (bicyclic) bond motifs is 1. The summed E-state index contributed by atoms with van der Waals surface area (Å²) in [6.45, 7) is 3.12. The molecule has 8 nitrogen and oxygen atoms in total. The van der Waals surface area contributed by atoms with Crippen LogP contribution in [0.3, 0.4) is 0 Å². The van der Waals surface area contributed by atoms with Crippen LogP contribution in [0.25, 0.3) is 0 Å². The third kappa shape index (κ3) is 2.05. The normalized spacial score (nSPS) is 38.8. The van der Waals surface area contributed by atoms with E-state index < -0.39 is 47.9 Å². The highest BCUT2D eigenvalue weighted by atomic mass is 16.6. The summed E-state index contributed by atoms with van der Waals surface area (Å²) < 4.78 is 10.7. The van der Waals surface area contributed by atoms with E-state index in [0.717, 1.165) is 4.90 Å². The molecule has 2 bridgehead atoms. The minimum atomic E-state index is -1.10. The molecule has 0 aromatic heterocycles. The summed E-state index contributed by atoms with van der Waals surface area (Å²) in [6, 6.07) is 2.08. The quantitative estimate of drug-likeness (QED) is 0.404. The van der Waals surface area contributed by atoms with Gasteiger partial charge in [-0.2, -0.15) is 5.26 Å². The molecular formula is C17H16N2O6. The van der Waals surface area contributed by atoms with Crippen LogP contribution in [0.15, 0.2) is 12.2 Å². The summed E-state index contributed by atoms with van der Waals surface area (Å²) in [7, 11) is 0. The summed E-state index contributed by atoms with van der Waals surface area (Å²) >= 11 is 0. The number of hydrogen-bond donors (Lipinski definition) is 0. The van der Waals surface area contributed by atoms with E-state index in [1.54, 1.807) is 0 Å². The zero-order valence-corrected chi connectivity index (χ0v) is 13.4. The molecule has 0 N–H and O–H groups in total. The van der Waals surface area contributed by atoms with Crippen molar-refractivity contribution in [3.8, 4) is 6.07 Å². The van der Waals surface area contributed by atoms with Gasteiger partial charge in [0.05, 0.1) is 6.07 Å². The third-order valence-electron chi connectivity index (χ3n) is 5.81. The molecule has 2 aliphatic carbocycles. The van der Waals surface area contributed by atoms with Crippen molar-refractivity contribution in [1.29, 1.82) is 5.26 Å². The Hall–Kier alpha value is -2.69. The van der Waals surface area contributed by atoms with Gasteiger partial charge < -0.3 is 9.47 Å². The van der Waals surface area contributed by atoms with Crippen molar-refractivity contribution in [3.05, 3.63) is 12.2 Å². The Morgan fingerprint density at radius 2 is 2.16 bits per heavy atom. The first kappa shape index (κ1) is 15.8. The molecule has 0 aromatic carbocycles. The second-order valence-corrected chi connectivity index (χ2v) is 7.10. The number of likely N-dealkylation sites (tertiary alicyclic amines) is 1. The number of amides is 2. The van der Waals surface area contributed by atoms with Crippen LogP contribution >= 0.6 is 0 Å². The second kappa shape index (κ2) is 5.15. The lowest BCUT2D eigenvalue weighted by atomic mass is 9.75. The first-order valence-electron chi connectivity index (χ1n) is 8.21. The molecular weight excluding hydrogens is 328 g/mol. The maximum absolute atomic E-state index is 12.2. The van der Waals surface area contributed by atoms with Crippen LogP contribution in [0.2, 0.25) is 0 Å². The number of rotatable bonds is 3. The lowest BCUT2D eigenvalue weighted by Crippen LogP contribution is -2.46. The standard InChI is InChI=1S/C17H16N2O6/c1-8-2-3-11(20)19(15(8)22)6-12(21)24-13-9-4-10-14(13)25-16(23)17(10,5-9)7-18/h9-10,13-14H,1-6H2. The average molecular weight is 344 g/mol. The SMILES string of the molecule is C=C1CCC(=O)N(CC(=O)OC2C3CC4C2OC(=O)C4(C#N)C3)C1=O. The maximum Gasteiger partial charge on any atom is 0.327 e. The van der Waals surface area contributed by atoms with E-state index in [1.165, 1.54) is 0 Å². The van der Waals surface area contributed by atoms with E-state index >= 15 is 0 Å². The smallest absolute Gasteiger partial charge is 0.327 e. The van der Waals surface area contributed by atoms with Gasteiger partial charge in [-0.25, -0.2) is 0 Å². The molecule has 0 radical (unpaired) electrons. The number of carbonyl (C=O) groups is 4. The number of nitrogens with zero attached hydrogens (tertiary/aromatic N) is 2. The van der Waals surface area contributed by atoms with E-state index in [9.17, 15) is 24.4 Å².